The van der Waals surface area contributed by atoms with E-state index in [4.69, 9.17) is 10.5 Å². The van der Waals surface area contributed by atoms with E-state index in [1.54, 1.807) is 31.8 Å². The van der Waals surface area contributed by atoms with Gasteiger partial charge in [-0.25, -0.2) is 0 Å². The molecule has 16 heavy (non-hydrogen) atoms. The van der Waals surface area contributed by atoms with Gasteiger partial charge in [0.2, 0.25) is 0 Å². The second-order valence-corrected chi connectivity index (χ2v) is 3.00. The third-order valence-electron chi connectivity index (χ3n) is 1.96. The average Bonchev–Trinajstić information content (AvgIpc) is 2.30. The molecule has 0 aliphatic heterocycles. The number of rotatable bonds is 2. The van der Waals surface area contributed by atoms with Crippen LogP contribution in [0.3, 0.4) is 0 Å². The van der Waals surface area contributed by atoms with Gasteiger partial charge in [-0.3, -0.25) is 4.98 Å². The first kappa shape index (κ1) is 13.1. The van der Waals surface area contributed by atoms with Crippen molar-refractivity contribution in [1.29, 1.82) is 0 Å². The fourth-order valence-electron chi connectivity index (χ4n) is 1.19. The van der Waals surface area contributed by atoms with Crippen molar-refractivity contribution in [3.05, 3.63) is 36.8 Å². The van der Waals surface area contributed by atoms with Gasteiger partial charge in [-0.2, -0.15) is 6.07 Å². The van der Waals surface area contributed by atoms with Gasteiger partial charge in [0, 0.05) is 38.9 Å². The molecule has 4 nitrogen and oxygen atoms in total. The average molecular weight is 289 g/mol. The van der Waals surface area contributed by atoms with E-state index in [0.29, 0.717) is 11.4 Å². The Morgan fingerprint density at radius 3 is 2.75 bits per heavy atom. The van der Waals surface area contributed by atoms with E-state index in [1.165, 1.54) is 0 Å². The number of hydrogen-bond acceptors (Lipinski definition) is 4. The predicted octanol–water partition coefficient (Wildman–Crippen LogP) is 1.53. The number of nitrogens with zero attached hydrogens (tertiary/aromatic N) is 2. The maximum atomic E-state index is 5.50. The van der Waals surface area contributed by atoms with Gasteiger partial charge in [0.05, 0.1) is 13.3 Å². The van der Waals surface area contributed by atoms with E-state index >= 15 is 0 Å². The zero-order chi connectivity index (χ0) is 10.7. The molecule has 0 aliphatic rings. The van der Waals surface area contributed by atoms with E-state index in [9.17, 15) is 0 Å². The molecule has 0 atom stereocenters. The first-order chi connectivity index (χ1) is 7.29. The Kier molecular flexibility index (Phi) is 4.83. The topological polar surface area (TPSA) is 61.0 Å². The molecule has 2 heterocycles. The van der Waals surface area contributed by atoms with E-state index in [-0.39, 0.29) is 32.7 Å². The monoisotopic (exact) mass is 289 g/mol. The molecule has 2 N–H and O–H groups in total. The Morgan fingerprint density at radius 2 is 2.12 bits per heavy atom. The molecule has 0 aromatic carbocycles. The molecular formula is C11H10N3OY-. The van der Waals surface area contributed by atoms with Crippen LogP contribution in [-0.4, -0.2) is 17.1 Å². The second kappa shape index (κ2) is 5.92. The van der Waals surface area contributed by atoms with Crippen LogP contribution in [0.15, 0.2) is 30.7 Å². The molecule has 0 saturated heterocycles. The van der Waals surface area contributed by atoms with Crippen LogP contribution < -0.4 is 10.5 Å². The summed E-state index contributed by atoms with van der Waals surface area (Å²) in [7, 11) is 1.60. The molecule has 0 bridgehead atoms. The minimum atomic E-state index is 0. The van der Waals surface area contributed by atoms with Crippen molar-refractivity contribution in [2.75, 3.05) is 12.8 Å². The second-order valence-electron chi connectivity index (χ2n) is 3.00. The molecule has 0 aliphatic carbocycles. The number of nitrogens with two attached hydrogens (primary N) is 1. The molecule has 1 radical (unpaired) electrons. The fourth-order valence-corrected chi connectivity index (χ4v) is 1.19. The van der Waals surface area contributed by atoms with Crippen molar-refractivity contribution in [1.82, 2.24) is 9.97 Å². The van der Waals surface area contributed by atoms with Crippen LogP contribution in [0.1, 0.15) is 0 Å². The van der Waals surface area contributed by atoms with Crippen LogP contribution >= 0.6 is 0 Å². The fraction of sp³-hybridized carbons (Fsp3) is 0.0909. The number of hydrogen-bond donors (Lipinski definition) is 1. The van der Waals surface area contributed by atoms with Gasteiger partial charge in [0.15, 0.2) is 0 Å². The molecular weight excluding hydrogens is 279 g/mol. The van der Waals surface area contributed by atoms with E-state index in [2.05, 4.69) is 16.0 Å². The van der Waals surface area contributed by atoms with Crippen molar-refractivity contribution in [2.24, 2.45) is 0 Å². The largest absolute Gasteiger partial charge is 0.495 e. The van der Waals surface area contributed by atoms with Crippen LogP contribution in [0.2, 0.25) is 0 Å². The third-order valence-corrected chi connectivity index (χ3v) is 1.96. The molecule has 2 aromatic rings. The summed E-state index contributed by atoms with van der Waals surface area (Å²) >= 11 is 0. The summed E-state index contributed by atoms with van der Waals surface area (Å²) < 4.78 is 5.07. The van der Waals surface area contributed by atoms with Crippen molar-refractivity contribution in [3.8, 4) is 17.0 Å². The number of anilines is 1. The first-order valence-corrected chi connectivity index (χ1v) is 4.42. The SMILES string of the molecule is COc1cncc(-c2c[c-]c(N)cn2)c1.[Y]. The molecule has 79 valence electrons. The number of pyridine rings is 2. The molecule has 2 rings (SSSR count). The van der Waals surface area contributed by atoms with Crippen LogP contribution in [0, 0.1) is 6.07 Å². The van der Waals surface area contributed by atoms with Gasteiger partial charge in [-0.05, 0) is 17.3 Å². The van der Waals surface area contributed by atoms with Gasteiger partial charge in [0.1, 0.15) is 5.75 Å². The van der Waals surface area contributed by atoms with Crippen LogP contribution in [0.5, 0.6) is 5.75 Å². The van der Waals surface area contributed by atoms with Crippen molar-refractivity contribution < 1.29 is 37.4 Å². The Hall–Kier alpha value is -0.996. The molecule has 2 aromatic heterocycles. The zero-order valence-corrected chi connectivity index (χ0v) is 11.7. The van der Waals surface area contributed by atoms with Gasteiger partial charge in [0.25, 0.3) is 0 Å². The predicted molar refractivity (Wildman–Crippen MR) is 57.3 cm³/mol. The summed E-state index contributed by atoms with van der Waals surface area (Å²) in [6, 6.07) is 6.47. The Bertz CT molecular complexity index is 459. The van der Waals surface area contributed by atoms with Gasteiger partial charge >= 0.3 is 0 Å². The van der Waals surface area contributed by atoms with E-state index in [0.717, 1.165) is 11.3 Å². The summed E-state index contributed by atoms with van der Waals surface area (Å²) in [5.74, 6) is 0.700. The summed E-state index contributed by atoms with van der Waals surface area (Å²) in [6.45, 7) is 0. The van der Waals surface area contributed by atoms with Gasteiger partial charge < -0.3 is 15.5 Å². The molecule has 5 heteroatoms. The molecule has 0 fully saturated rings. The number of methoxy groups -OCH3 is 1. The van der Waals surface area contributed by atoms with Crippen molar-refractivity contribution in [3.63, 3.8) is 0 Å². The van der Waals surface area contributed by atoms with Gasteiger partial charge in [-0.15, -0.1) is 6.07 Å². The summed E-state index contributed by atoms with van der Waals surface area (Å²) in [5.41, 5.74) is 7.68. The van der Waals surface area contributed by atoms with Crippen LogP contribution in [0.4, 0.5) is 5.69 Å². The number of aromatic nitrogens is 2. The summed E-state index contributed by atoms with van der Waals surface area (Å²) in [6.07, 6.45) is 4.92. The van der Waals surface area contributed by atoms with Crippen molar-refractivity contribution >= 4 is 5.69 Å². The summed E-state index contributed by atoms with van der Waals surface area (Å²) in [5, 5.41) is 0. The molecule has 0 spiro atoms. The Labute approximate surface area is 119 Å². The minimum Gasteiger partial charge on any atom is -0.495 e. The smallest absolute Gasteiger partial charge is 0.136 e. The quantitative estimate of drug-likeness (QED) is 0.852. The molecule has 0 saturated carbocycles. The number of nitrogen functional groups attached to an aromatic ring is 1. The third kappa shape index (κ3) is 3.00. The standard InChI is InChI=1S/C11H10N3O.Y/c1-15-10-4-8(5-13-7-10)11-3-2-9(12)6-14-11;/h3-7H,12H2,1H3;/q-1;. The van der Waals surface area contributed by atoms with Crippen molar-refractivity contribution in [2.45, 2.75) is 0 Å². The van der Waals surface area contributed by atoms with E-state index < -0.39 is 0 Å². The molecule has 0 unspecified atom stereocenters. The normalized spacial score (nSPS) is 9.31. The maximum Gasteiger partial charge on any atom is 0.136 e. The van der Waals surface area contributed by atoms with Gasteiger partial charge in [-0.1, -0.05) is 11.9 Å². The first-order valence-electron chi connectivity index (χ1n) is 4.42. The molecule has 0 amide bonds. The zero-order valence-electron chi connectivity index (χ0n) is 8.84. The number of ether oxygens (including phenoxy) is 1. The summed E-state index contributed by atoms with van der Waals surface area (Å²) in [4.78, 5) is 8.22. The minimum absolute atomic E-state index is 0. The Morgan fingerprint density at radius 1 is 1.31 bits per heavy atom. The maximum absolute atomic E-state index is 5.50. The van der Waals surface area contributed by atoms with E-state index in [1.807, 2.05) is 6.07 Å². The van der Waals surface area contributed by atoms with Crippen LogP contribution in [0.25, 0.3) is 11.3 Å². The Balaban J connectivity index is 0.00000128. The van der Waals surface area contributed by atoms with Crippen LogP contribution in [-0.2, 0) is 32.7 Å².